The van der Waals surface area contributed by atoms with E-state index < -0.39 is 0 Å². The number of hydrogen-bond acceptors (Lipinski definition) is 2. The molecule has 1 aromatic heterocycles. The van der Waals surface area contributed by atoms with Crippen LogP contribution in [-0.4, -0.2) is 5.91 Å². The fraction of sp³-hybridized carbons (Fsp3) is 0.353. The highest BCUT2D eigenvalue weighted by molar-refractivity contribution is 5.78. The van der Waals surface area contributed by atoms with Gasteiger partial charge in [0.15, 0.2) is 0 Å². The molecule has 3 heteroatoms. The molecule has 1 amide bonds. The normalized spacial score (nSPS) is 13.8. The number of carbonyl (C=O) groups excluding carboxylic acids is 1. The maximum Gasteiger partial charge on any atom is 0.224 e. The van der Waals surface area contributed by atoms with Crippen LogP contribution in [0, 0.1) is 0 Å². The Bertz CT molecular complexity index is 587. The van der Waals surface area contributed by atoms with E-state index in [0.717, 1.165) is 17.7 Å². The SMILES string of the molecule is O=C(Cc1ccc2c(c1)CCCC2)NCc1ccco1. The lowest BCUT2D eigenvalue weighted by Gasteiger charge is -2.16. The molecule has 0 radical (unpaired) electrons. The number of carbonyl (C=O) groups is 1. The van der Waals surface area contributed by atoms with Crippen LogP contribution in [-0.2, 0) is 30.6 Å². The van der Waals surface area contributed by atoms with Crippen LogP contribution in [0.5, 0.6) is 0 Å². The van der Waals surface area contributed by atoms with Gasteiger partial charge in [0.25, 0.3) is 0 Å². The predicted octanol–water partition coefficient (Wildman–Crippen LogP) is 3.02. The Hall–Kier alpha value is -2.03. The Labute approximate surface area is 119 Å². The molecule has 1 heterocycles. The summed E-state index contributed by atoms with van der Waals surface area (Å²) in [6.07, 6.45) is 6.94. The summed E-state index contributed by atoms with van der Waals surface area (Å²) < 4.78 is 5.19. The first-order chi connectivity index (χ1) is 9.81. The monoisotopic (exact) mass is 269 g/mol. The standard InChI is InChI=1S/C17H19NO2/c19-17(18-12-16-6-3-9-20-16)11-13-7-8-14-4-1-2-5-15(14)10-13/h3,6-10H,1-2,4-5,11-12H2,(H,18,19). The second-order valence-electron chi connectivity index (χ2n) is 5.34. The molecule has 0 unspecified atom stereocenters. The van der Waals surface area contributed by atoms with Gasteiger partial charge in [-0.15, -0.1) is 0 Å². The van der Waals surface area contributed by atoms with E-state index in [2.05, 4.69) is 23.5 Å². The Morgan fingerprint density at radius 2 is 2.00 bits per heavy atom. The van der Waals surface area contributed by atoms with Crippen LogP contribution < -0.4 is 5.32 Å². The molecule has 0 spiro atoms. The number of furan rings is 1. The number of rotatable bonds is 4. The van der Waals surface area contributed by atoms with Crippen LogP contribution in [0.1, 0.15) is 35.3 Å². The van der Waals surface area contributed by atoms with Gasteiger partial charge in [-0.05, 0) is 54.5 Å². The summed E-state index contributed by atoms with van der Waals surface area (Å²) in [5.41, 5.74) is 3.98. The molecule has 2 aromatic rings. The van der Waals surface area contributed by atoms with Gasteiger partial charge >= 0.3 is 0 Å². The molecule has 0 saturated carbocycles. The number of aryl methyl sites for hydroxylation is 2. The van der Waals surface area contributed by atoms with Crippen molar-refractivity contribution in [2.45, 2.75) is 38.6 Å². The average molecular weight is 269 g/mol. The van der Waals surface area contributed by atoms with Gasteiger partial charge in [0.2, 0.25) is 5.91 Å². The van der Waals surface area contributed by atoms with Gasteiger partial charge in [0.1, 0.15) is 5.76 Å². The molecule has 0 aliphatic heterocycles. The lowest BCUT2D eigenvalue weighted by molar-refractivity contribution is -0.120. The summed E-state index contributed by atoms with van der Waals surface area (Å²) in [6.45, 7) is 0.455. The Morgan fingerprint density at radius 3 is 2.80 bits per heavy atom. The third kappa shape index (κ3) is 3.10. The van der Waals surface area contributed by atoms with Gasteiger partial charge in [-0.3, -0.25) is 4.79 Å². The molecule has 1 aromatic carbocycles. The summed E-state index contributed by atoms with van der Waals surface area (Å²) in [4.78, 5) is 11.9. The van der Waals surface area contributed by atoms with Gasteiger partial charge in [0.05, 0.1) is 19.2 Å². The highest BCUT2D eigenvalue weighted by atomic mass is 16.3. The minimum atomic E-state index is 0.0390. The third-order valence-electron chi connectivity index (χ3n) is 3.82. The minimum Gasteiger partial charge on any atom is -0.467 e. The zero-order valence-corrected chi connectivity index (χ0v) is 11.5. The summed E-state index contributed by atoms with van der Waals surface area (Å²) >= 11 is 0. The topological polar surface area (TPSA) is 42.2 Å². The van der Waals surface area contributed by atoms with Gasteiger partial charge in [0, 0.05) is 0 Å². The Morgan fingerprint density at radius 1 is 1.15 bits per heavy atom. The van der Waals surface area contributed by atoms with Crippen LogP contribution in [0.15, 0.2) is 41.0 Å². The molecule has 20 heavy (non-hydrogen) atoms. The molecule has 0 saturated heterocycles. The molecule has 1 N–H and O–H groups in total. The molecule has 3 nitrogen and oxygen atoms in total. The van der Waals surface area contributed by atoms with Crippen LogP contribution in [0.25, 0.3) is 0 Å². The van der Waals surface area contributed by atoms with E-state index >= 15 is 0 Å². The van der Waals surface area contributed by atoms with Crippen molar-refractivity contribution < 1.29 is 9.21 Å². The third-order valence-corrected chi connectivity index (χ3v) is 3.82. The molecule has 104 valence electrons. The van der Waals surface area contributed by atoms with Gasteiger partial charge in [-0.2, -0.15) is 0 Å². The number of fused-ring (bicyclic) bond motifs is 1. The predicted molar refractivity (Wildman–Crippen MR) is 77.3 cm³/mol. The van der Waals surface area contributed by atoms with Crippen LogP contribution >= 0.6 is 0 Å². The summed E-state index contributed by atoms with van der Waals surface area (Å²) in [7, 11) is 0. The van der Waals surface area contributed by atoms with Crippen molar-refractivity contribution in [1.82, 2.24) is 5.32 Å². The fourth-order valence-corrected chi connectivity index (χ4v) is 2.74. The van der Waals surface area contributed by atoms with E-state index in [1.54, 1.807) is 6.26 Å². The lowest BCUT2D eigenvalue weighted by Crippen LogP contribution is -2.24. The van der Waals surface area contributed by atoms with Crippen molar-refractivity contribution in [3.05, 3.63) is 59.0 Å². The number of hydrogen-bond donors (Lipinski definition) is 1. The van der Waals surface area contributed by atoms with Gasteiger partial charge in [-0.25, -0.2) is 0 Å². The number of amides is 1. The molecule has 0 fully saturated rings. The van der Waals surface area contributed by atoms with Crippen molar-refractivity contribution in [2.24, 2.45) is 0 Å². The van der Waals surface area contributed by atoms with E-state index in [0.29, 0.717) is 13.0 Å². The first kappa shape index (κ1) is 13.0. The molecule has 0 atom stereocenters. The molecular weight excluding hydrogens is 250 g/mol. The lowest BCUT2D eigenvalue weighted by atomic mass is 9.90. The first-order valence-electron chi connectivity index (χ1n) is 7.21. The second-order valence-corrected chi connectivity index (χ2v) is 5.34. The van der Waals surface area contributed by atoms with Crippen LogP contribution in [0.3, 0.4) is 0 Å². The minimum absolute atomic E-state index is 0.0390. The van der Waals surface area contributed by atoms with Crippen molar-refractivity contribution in [1.29, 1.82) is 0 Å². The Balaban J connectivity index is 1.58. The molecule has 1 aliphatic rings. The van der Waals surface area contributed by atoms with Gasteiger partial charge in [-0.1, -0.05) is 18.2 Å². The van der Waals surface area contributed by atoms with Crippen LogP contribution in [0.4, 0.5) is 0 Å². The zero-order chi connectivity index (χ0) is 13.8. The van der Waals surface area contributed by atoms with Crippen molar-refractivity contribution in [2.75, 3.05) is 0 Å². The van der Waals surface area contributed by atoms with E-state index in [4.69, 9.17) is 4.42 Å². The van der Waals surface area contributed by atoms with Crippen molar-refractivity contribution in [3.63, 3.8) is 0 Å². The molecule has 1 aliphatic carbocycles. The average Bonchev–Trinajstić information content (AvgIpc) is 2.98. The molecule has 3 rings (SSSR count). The first-order valence-corrected chi connectivity index (χ1v) is 7.21. The number of benzene rings is 1. The highest BCUT2D eigenvalue weighted by Gasteiger charge is 2.11. The highest BCUT2D eigenvalue weighted by Crippen LogP contribution is 2.22. The van der Waals surface area contributed by atoms with E-state index in [1.165, 1.54) is 30.4 Å². The van der Waals surface area contributed by atoms with Gasteiger partial charge < -0.3 is 9.73 Å². The van der Waals surface area contributed by atoms with E-state index in [9.17, 15) is 4.79 Å². The van der Waals surface area contributed by atoms with Crippen molar-refractivity contribution >= 4 is 5.91 Å². The quantitative estimate of drug-likeness (QED) is 0.927. The summed E-state index contributed by atoms with van der Waals surface area (Å²) in [5.74, 6) is 0.820. The summed E-state index contributed by atoms with van der Waals surface area (Å²) in [5, 5.41) is 2.88. The number of nitrogens with one attached hydrogen (secondary N) is 1. The fourth-order valence-electron chi connectivity index (χ4n) is 2.74. The zero-order valence-electron chi connectivity index (χ0n) is 11.5. The smallest absolute Gasteiger partial charge is 0.224 e. The largest absolute Gasteiger partial charge is 0.467 e. The van der Waals surface area contributed by atoms with E-state index in [1.807, 2.05) is 12.1 Å². The summed E-state index contributed by atoms with van der Waals surface area (Å²) in [6, 6.07) is 10.1. The Kier molecular flexibility index (Phi) is 3.86. The van der Waals surface area contributed by atoms with E-state index in [-0.39, 0.29) is 5.91 Å². The maximum atomic E-state index is 11.9. The molecule has 0 bridgehead atoms. The second kappa shape index (κ2) is 5.95. The maximum absolute atomic E-state index is 11.9. The molecular formula is C17H19NO2. The van der Waals surface area contributed by atoms with Crippen molar-refractivity contribution in [3.8, 4) is 0 Å². The van der Waals surface area contributed by atoms with Crippen LogP contribution in [0.2, 0.25) is 0 Å².